The van der Waals surface area contributed by atoms with Gasteiger partial charge in [-0.2, -0.15) is 0 Å². The third-order valence-corrected chi connectivity index (χ3v) is 2.31. The van der Waals surface area contributed by atoms with Crippen molar-refractivity contribution in [2.75, 3.05) is 26.1 Å². The van der Waals surface area contributed by atoms with Gasteiger partial charge in [0, 0.05) is 32.3 Å². The highest BCUT2D eigenvalue weighted by Gasteiger charge is 2.10. The molecule has 6 heteroatoms. The lowest BCUT2D eigenvalue weighted by Gasteiger charge is -2.15. The van der Waals surface area contributed by atoms with Gasteiger partial charge >= 0.3 is 5.97 Å². The van der Waals surface area contributed by atoms with Gasteiger partial charge in [-0.05, 0) is 17.7 Å². The van der Waals surface area contributed by atoms with Gasteiger partial charge in [-0.25, -0.2) is 4.79 Å². The number of carbonyl (C=O) groups is 1. The molecule has 96 valence electrons. The van der Waals surface area contributed by atoms with Crippen molar-refractivity contribution in [3.63, 3.8) is 0 Å². The number of ether oxygens (including phenoxy) is 1. The van der Waals surface area contributed by atoms with E-state index in [9.17, 15) is 14.9 Å². The van der Waals surface area contributed by atoms with Crippen LogP contribution in [0.1, 0.15) is 5.56 Å². The zero-order valence-electron chi connectivity index (χ0n) is 10.4. The second-order valence-electron chi connectivity index (χ2n) is 3.75. The maximum absolute atomic E-state index is 11.0. The first-order chi connectivity index (χ1) is 8.45. The Hall–Kier alpha value is -2.37. The van der Waals surface area contributed by atoms with E-state index in [0.29, 0.717) is 11.3 Å². The highest BCUT2D eigenvalue weighted by atomic mass is 16.6. The number of hydrogen-bond acceptors (Lipinski definition) is 5. The van der Waals surface area contributed by atoms with Crippen molar-refractivity contribution in [1.29, 1.82) is 0 Å². The standard InChI is InChI=1S/C12H14N2O4/c1-13(2)11-8-10(14(16)17)6-4-9(11)5-7-12(15)18-3/h4-8H,1-3H3/b7-5+. The van der Waals surface area contributed by atoms with Crippen LogP contribution in [0.2, 0.25) is 0 Å². The molecule has 0 aliphatic heterocycles. The van der Waals surface area contributed by atoms with Crippen LogP contribution in [0.25, 0.3) is 6.08 Å². The first kappa shape index (κ1) is 13.7. The third kappa shape index (κ3) is 3.31. The molecule has 0 aliphatic carbocycles. The number of nitro benzene ring substituents is 1. The number of nitro groups is 1. The summed E-state index contributed by atoms with van der Waals surface area (Å²) >= 11 is 0. The van der Waals surface area contributed by atoms with Gasteiger partial charge in [-0.15, -0.1) is 0 Å². The first-order valence-electron chi connectivity index (χ1n) is 5.17. The topological polar surface area (TPSA) is 72.7 Å². The molecule has 0 atom stereocenters. The van der Waals surface area contributed by atoms with Crippen LogP contribution in [-0.2, 0) is 9.53 Å². The van der Waals surface area contributed by atoms with E-state index in [-0.39, 0.29) is 5.69 Å². The third-order valence-electron chi connectivity index (χ3n) is 2.31. The van der Waals surface area contributed by atoms with Gasteiger partial charge in [0.05, 0.1) is 17.7 Å². The van der Waals surface area contributed by atoms with Crippen LogP contribution in [0.15, 0.2) is 24.3 Å². The van der Waals surface area contributed by atoms with E-state index < -0.39 is 10.9 Å². The molecule has 6 nitrogen and oxygen atoms in total. The van der Waals surface area contributed by atoms with Gasteiger partial charge in [0.2, 0.25) is 0 Å². The molecular weight excluding hydrogens is 236 g/mol. The fourth-order valence-electron chi connectivity index (χ4n) is 1.40. The summed E-state index contributed by atoms with van der Waals surface area (Å²) in [5, 5.41) is 10.7. The van der Waals surface area contributed by atoms with Gasteiger partial charge in [-0.1, -0.05) is 0 Å². The number of anilines is 1. The Bertz CT molecular complexity index is 495. The molecule has 0 amide bonds. The fraction of sp³-hybridized carbons (Fsp3) is 0.250. The van der Waals surface area contributed by atoms with Crippen molar-refractivity contribution in [3.8, 4) is 0 Å². The lowest BCUT2D eigenvalue weighted by molar-refractivity contribution is -0.384. The minimum absolute atomic E-state index is 0.00826. The van der Waals surface area contributed by atoms with Gasteiger partial charge in [0.15, 0.2) is 0 Å². The predicted octanol–water partition coefficient (Wildman–Crippen LogP) is 1.85. The Morgan fingerprint density at radius 1 is 1.44 bits per heavy atom. The van der Waals surface area contributed by atoms with Crippen molar-refractivity contribution in [2.45, 2.75) is 0 Å². The lowest BCUT2D eigenvalue weighted by Crippen LogP contribution is -2.10. The number of methoxy groups -OCH3 is 1. The van der Waals surface area contributed by atoms with Crippen LogP contribution in [0.4, 0.5) is 11.4 Å². The Balaban J connectivity index is 3.15. The van der Waals surface area contributed by atoms with Crippen LogP contribution in [0.5, 0.6) is 0 Å². The van der Waals surface area contributed by atoms with Gasteiger partial charge in [0.25, 0.3) is 5.69 Å². The molecule has 0 saturated heterocycles. The number of carbonyl (C=O) groups excluding carboxylic acids is 1. The number of rotatable bonds is 4. The van der Waals surface area contributed by atoms with Crippen molar-refractivity contribution >= 4 is 23.4 Å². The maximum atomic E-state index is 11.0. The minimum Gasteiger partial charge on any atom is -0.466 e. The zero-order valence-corrected chi connectivity index (χ0v) is 10.4. The number of esters is 1. The van der Waals surface area contributed by atoms with Crippen LogP contribution in [0.3, 0.4) is 0 Å². The molecule has 1 aromatic rings. The molecular formula is C12H14N2O4. The largest absolute Gasteiger partial charge is 0.466 e. The molecule has 0 radical (unpaired) electrons. The number of non-ortho nitro benzene ring substituents is 1. The smallest absolute Gasteiger partial charge is 0.330 e. The molecule has 1 rings (SSSR count). The molecule has 0 N–H and O–H groups in total. The summed E-state index contributed by atoms with van der Waals surface area (Å²) in [6.07, 6.45) is 2.83. The monoisotopic (exact) mass is 250 g/mol. The Labute approximate surface area is 105 Å². The molecule has 0 fully saturated rings. The summed E-state index contributed by atoms with van der Waals surface area (Å²) in [7, 11) is 4.83. The van der Waals surface area contributed by atoms with Crippen molar-refractivity contribution in [3.05, 3.63) is 40.0 Å². The molecule has 0 spiro atoms. The second kappa shape index (κ2) is 5.81. The Morgan fingerprint density at radius 3 is 2.61 bits per heavy atom. The van der Waals surface area contributed by atoms with E-state index in [1.807, 2.05) is 0 Å². The molecule has 0 aromatic heterocycles. The summed E-state index contributed by atoms with van der Waals surface area (Å²) in [4.78, 5) is 23.0. The quantitative estimate of drug-likeness (QED) is 0.353. The molecule has 0 aliphatic rings. The van der Waals surface area contributed by atoms with E-state index in [1.165, 1.54) is 25.3 Å². The molecule has 0 saturated carbocycles. The van der Waals surface area contributed by atoms with Gasteiger partial charge in [-0.3, -0.25) is 10.1 Å². The summed E-state index contributed by atoms with van der Waals surface area (Å²) < 4.78 is 4.49. The number of hydrogen-bond donors (Lipinski definition) is 0. The average molecular weight is 250 g/mol. The normalized spacial score (nSPS) is 10.4. The highest BCUT2D eigenvalue weighted by molar-refractivity contribution is 5.88. The highest BCUT2D eigenvalue weighted by Crippen LogP contribution is 2.25. The summed E-state index contributed by atoms with van der Waals surface area (Å²) in [6, 6.07) is 4.44. The Morgan fingerprint density at radius 2 is 2.11 bits per heavy atom. The lowest BCUT2D eigenvalue weighted by atomic mass is 10.1. The van der Waals surface area contributed by atoms with Gasteiger partial charge in [0.1, 0.15) is 0 Å². The average Bonchev–Trinajstić information content (AvgIpc) is 2.35. The maximum Gasteiger partial charge on any atom is 0.330 e. The van der Waals surface area contributed by atoms with E-state index in [2.05, 4.69) is 4.74 Å². The van der Waals surface area contributed by atoms with Crippen LogP contribution < -0.4 is 4.90 Å². The summed E-state index contributed by atoms with van der Waals surface area (Å²) in [5.41, 5.74) is 1.37. The fourth-order valence-corrected chi connectivity index (χ4v) is 1.40. The van der Waals surface area contributed by atoms with Crippen molar-refractivity contribution in [1.82, 2.24) is 0 Å². The predicted molar refractivity (Wildman–Crippen MR) is 68.5 cm³/mol. The van der Waals surface area contributed by atoms with Crippen LogP contribution in [0, 0.1) is 10.1 Å². The molecule has 0 heterocycles. The number of benzene rings is 1. The summed E-state index contributed by atoms with van der Waals surface area (Å²) in [6.45, 7) is 0. The van der Waals surface area contributed by atoms with E-state index in [0.717, 1.165) is 0 Å². The minimum atomic E-state index is -0.474. The molecule has 0 bridgehead atoms. The van der Waals surface area contributed by atoms with E-state index >= 15 is 0 Å². The SMILES string of the molecule is COC(=O)/C=C/c1ccc([N+](=O)[O-])cc1N(C)C. The van der Waals surface area contributed by atoms with E-state index in [4.69, 9.17) is 0 Å². The van der Waals surface area contributed by atoms with E-state index in [1.54, 1.807) is 31.1 Å². The molecule has 1 aromatic carbocycles. The second-order valence-corrected chi connectivity index (χ2v) is 3.75. The Kier molecular flexibility index (Phi) is 4.42. The first-order valence-corrected chi connectivity index (χ1v) is 5.17. The molecule has 0 unspecified atom stereocenters. The number of nitrogens with zero attached hydrogens (tertiary/aromatic N) is 2. The summed E-state index contributed by atoms with van der Waals surface area (Å²) in [5.74, 6) is -0.474. The van der Waals surface area contributed by atoms with Crippen LogP contribution >= 0.6 is 0 Å². The van der Waals surface area contributed by atoms with Crippen molar-refractivity contribution in [2.24, 2.45) is 0 Å². The van der Waals surface area contributed by atoms with Crippen molar-refractivity contribution < 1.29 is 14.5 Å². The zero-order chi connectivity index (χ0) is 13.7. The van der Waals surface area contributed by atoms with Gasteiger partial charge < -0.3 is 9.64 Å². The van der Waals surface area contributed by atoms with Crippen LogP contribution in [-0.4, -0.2) is 32.1 Å². The molecule has 18 heavy (non-hydrogen) atoms.